The van der Waals surface area contributed by atoms with Crippen molar-refractivity contribution in [3.8, 4) is 23.1 Å². The molecule has 0 aliphatic rings. The lowest BCUT2D eigenvalue weighted by Crippen LogP contribution is -2.33. The molecule has 0 bridgehead atoms. The smallest absolute Gasteiger partial charge is 0.435 e. The van der Waals surface area contributed by atoms with Gasteiger partial charge in [0.15, 0.2) is 21.2 Å². The molecule has 9 nitrogen and oxygen atoms in total. The van der Waals surface area contributed by atoms with Crippen LogP contribution in [0.1, 0.15) is 12.5 Å². The molecule has 0 fully saturated rings. The lowest BCUT2D eigenvalue weighted by molar-refractivity contribution is -0.289. The summed E-state index contributed by atoms with van der Waals surface area (Å²) in [6.45, 7) is 1.34. The van der Waals surface area contributed by atoms with Gasteiger partial charge in [-0.1, -0.05) is 13.0 Å². The van der Waals surface area contributed by atoms with Crippen molar-refractivity contribution < 1.29 is 39.2 Å². The van der Waals surface area contributed by atoms with E-state index in [4.69, 9.17) is 4.42 Å². The number of aromatic nitrogens is 5. The molecule has 0 atom stereocenters. The van der Waals surface area contributed by atoms with Gasteiger partial charge in [0.1, 0.15) is 23.4 Å². The molecule has 3 aromatic heterocycles. The van der Waals surface area contributed by atoms with Crippen LogP contribution in [-0.4, -0.2) is 44.7 Å². The summed E-state index contributed by atoms with van der Waals surface area (Å²) >= 11 is 0. The van der Waals surface area contributed by atoms with E-state index in [0.29, 0.717) is 12.1 Å². The van der Waals surface area contributed by atoms with E-state index in [2.05, 4.69) is 15.1 Å². The van der Waals surface area contributed by atoms with Crippen LogP contribution in [0.25, 0.3) is 34.2 Å². The third-order valence-electron chi connectivity index (χ3n) is 5.84. The second-order valence-electron chi connectivity index (χ2n) is 8.37. The van der Waals surface area contributed by atoms with Gasteiger partial charge in [0.2, 0.25) is 5.89 Å². The molecule has 208 valence electrons. The Morgan fingerprint density at radius 1 is 0.975 bits per heavy atom. The molecule has 0 spiro atoms. The maximum atomic E-state index is 13.9. The van der Waals surface area contributed by atoms with Crippen LogP contribution in [0.3, 0.4) is 0 Å². The Hall–Kier alpha value is -4.47. The van der Waals surface area contributed by atoms with E-state index in [1.807, 2.05) is 0 Å². The van der Waals surface area contributed by atoms with Crippen molar-refractivity contribution >= 4 is 20.9 Å². The number of alkyl halides is 5. The first-order valence-corrected chi connectivity index (χ1v) is 12.9. The SMILES string of the molecule is CCS(=O)(=O)c1ccc(-n2ncn(-c3cccc(F)c3)c2=O)nc1-c1nc2cc(C(F)(F)C(F)(F)F)ccc2o1. The van der Waals surface area contributed by atoms with Crippen LogP contribution in [0.5, 0.6) is 0 Å². The molecular formula is C24H15F6N5O4S. The number of oxazole rings is 1. The third kappa shape index (κ3) is 4.53. The van der Waals surface area contributed by atoms with E-state index in [0.717, 1.165) is 33.8 Å². The lowest BCUT2D eigenvalue weighted by atomic mass is 10.1. The summed E-state index contributed by atoms with van der Waals surface area (Å²) in [5.41, 5.74) is -3.14. The first-order chi connectivity index (χ1) is 18.7. The van der Waals surface area contributed by atoms with Crippen LogP contribution >= 0.6 is 0 Å². The molecule has 3 heterocycles. The topological polar surface area (TPSA) is 113 Å². The van der Waals surface area contributed by atoms with E-state index >= 15 is 0 Å². The van der Waals surface area contributed by atoms with Crippen molar-refractivity contribution in [2.75, 3.05) is 5.75 Å². The minimum absolute atomic E-state index is 0.145. The number of hydrogen-bond acceptors (Lipinski definition) is 7. The van der Waals surface area contributed by atoms with Crippen LogP contribution in [0.4, 0.5) is 26.3 Å². The Labute approximate surface area is 220 Å². The summed E-state index contributed by atoms with van der Waals surface area (Å²) in [5, 5.41) is 3.94. The molecule has 5 rings (SSSR count). The minimum Gasteiger partial charge on any atom is -0.435 e. The van der Waals surface area contributed by atoms with Gasteiger partial charge in [-0.25, -0.2) is 32.1 Å². The molecule has 0 aliphatic carbocycles. The van der Waals surface area contributed by atoms with Crippen molar-refractivity contribution in [2.24, 2.45) is 0 Å². The number of sulfone groups is 1. The first kappa shape index (κ1) is 27.1. The molecule has 0 saturated carbocycles. The number of rotatable bonds is 6. The molecule has 0 aliphatic heterocycles. The van der Waals surface area contributed by atoms with Crippen molar-refractivity contribution in [3.05, 3.63) is 82.8 Å². The van der Waals surface area contributed by atoms with Gasteiger partial charge in [0.25, 0.3) is 0 Å². The van der Waals surface area contributed by atoms with Gasteiger partial charge < -0.3 is 4.42 Å². The fourth-order valence-corrected chi connectivity index (χ4v) is 4.78. The summed E-state index contributed by atoms with van der Waals surface area (Å²) in [5.74, 6) is -6.92. The van der Waals surface area contributed by atoms with Gasteiger partial charge in [-0.2, -0.15) is 31.7 Å². The number of nitrogens with zero attached hydrogens (tertiary/aromatic N) is 5. The van der Waals surface area contributed by atoms with Crippen LogP contribution in [0.15, 0.2) is 75.0 Å². The van der Waals surface area contributed by atoms with Crippen molar-refractivity contribution in [1.29, 1.82) is 0 Å². The van der Waals surface area contributed by atoms with Gasteiger partial charge >= 0.3 is 17.8 Å². The second kappa shape index (κ2) is 9.32. The van der Waals surface area contributed by atoms with E-state index in [-0.39, 0.29) is 17.1 Å². The number of benzene rings is 2. The fraction of sp³-hybridized carbons (Fsp3) is 0.167. The molecule has 2 aromatic carbocycles. The van der Waals surface area contributed by atoms with Crippen LogP contribution < -0.4 is 5.69 Å². The molecule has 0 amide bonds. The van der Waals surface area contributed by atoms with Gasteiger partial charge in [0.05, 0.1) is 16.3 Å². The average molecular weight is 583 g/mol. The average Bonchev–Trinajstić information content (AvgIpc) is 3.50. The monoisotopic (exact) mass is 583 g/mol. The van der Waals surface area contributed by atoms with Crippen molar-refractivity contribution in [3.63, 3.8) is 0 Å². The zero-order chi connectivity index (χ0) is 29.0. The summed E-state index contributed by atoms with van der Waals surface area (Å²) in [4.78, 5) is 20.7. The van der Waals surface area contributed by atoms with Gasteiger partial charge in [-0.05, 0) is 48.5 Å². The molecule has 16 heteroatoms. The third-order valence-corrected chi connectivity index (χ3v) is 7.60. The Morgan fingerprint density at radius 3 is 2.40 bits per heavy atom. The Bertz CT molecular complexity index is 1930. The highest BCUT2D eigenvalue weighted by atomic mass is 32.2. The first-order valence-electron chi connectivity index (χ1n) is 11.3. The molecule has 0 N–H and O–H groups in total. The Balaban J connectivity index is 1.66. The van der Waals surface area contributed by atoms with E-state index in [1.54, 1.807) is 0 Å². The molecular weight excluding hydrogens is 568 g/mol. The van der Waals surface area contributed by atoms with Gasteiger partial charge in [0, 0.05) is 5.56 Å². The number of hydrogen-bond donors (Lipinski definition) is 0. The highest BCUT2D eigenvalue weighted by Crippen LogP contribution is 2.44. The second-order valence-corrected chi connectivity index (χ2v) is 10.6. The van der Waals surface area contributed by atoms with E-state index < -0.39 is 66.8 Å². The van der Waals surface area contributed by atoms with Gasteiger partial charge in [-0.3, -0.25) is 0 Å². The molecule has 5 aromatic rings. The standard InChI is InChI=1S/C24H15F6N5O4S/c1-2-40(37,38)18-8-9-19(35-22(36)34(12-31-35)15-5-3-4-14(25)11-15)33-20(18)21-32-16-10-13(6-7-17(16)39-21)23(26,27)24(28,29)30/h3-12H,2H2,1H3. The summed E-state index contributed by atoms with van der Waals surface area (Å²) in [6, 6.07) is 9.16. The predicted molar refractivity (Wildman–Crippen MR) is 128 cm³/mol. The quantitative estimate of drug-likeness (QED) is 0.264. The zero-order valence-corrected chi connectivity index (χ0v) is 20.8. The van der Waals surface area contributed by atoms with E-state index in [1.165, 1.54) is 31.2 Å². The molecule has 0 radical (unpaired) electrons. The van der Waals surface area contributed by atoms with Gasteiger partial charge in [-0.15, -0.1) is 0 Å². The number of fused-ring (bicyclic) bond motifs is 1. The maximum absolute atomic E-state index is 13.9. The fourth-order valence-electron chi connectivity index (χ4n) is 3.77. The summed E-state index contributed by atoms with van der Waals surface area (Å²) in [6.07, 6.45) is -4.79. The van der Waals surface area contributed by atoms with Crippen LogP contribution in [-0.2, 0) is 15.8 Å². The molecule has 40 heavy (non-hydrogen) atoms. The Kier molecular flexibility index (Phi) is 6.32. The minimum atomic E-state index is -5.87. The molecule has 0 unspecified atom stereocenters. The van der Waals surface area contributed by atoms with Crippen molar-refractivity contribution in [1.82, 2.24) is 24.3 Å². The van der Waals surface area contributed by atoms with Crippen LogP contribution in [0, 0.1) is 5.82 Å². The highest BCUT2D eigenvalue weighted by Gasteiger charge is 2.58. The number of pyridine rings is 1. The maximum Gasteiger partial charge on any atom is 0.458 e. The lowest BCUT2D eigenvalue weighted by Gasteiger charge is -2.19. The summed E-state index contributed by atoms with van der Waals surface area (Å²) in [7, 11) is -4.00. The highest BCUT2D eigenvalue weighted by molar-refractivity contribution is 7.91. The van der Waals surface area contributed by atoms with Crippen molar-refractivity contribution in [2.45, 2.75) is 23.9 Å². The Morgan fingerprint density at radius 2 is 1.73 bits per heavy atom. The normalized spacial score (nSPS) is 12.8. The zero-order valence-electron chi connectivity index (χ0n) is 20.0. The largest absolute Gasteiger partial charge is 0.458 e. The molecule has 0 saturated heterocycles. The van der Waals surface area contributed by atoms with Crippen LogP contribution in [0.2, 0.25) is 0 Å². The predicted octanol–water partition coefficient (Wildman–Crippen LogP) is 4.81. The van der Waals surface area contributed by atoms with E-state index in [9.17, 15) is 39.6 Å². The number of halogens is 6. The summed E-state index contributed by atoms with van der Waals surface area (Å²) < 4.78 is 113.